The summed E-state index contributed by atoms with van der Waals surface area (Å²) in [5, 5.41) is 0. The van der Waals surface area contributed by atoms with E-state index in [0.29, 0.717) is 6.54 Å². The van der Waals surface area contributed by atoms with E-state index in [0.717, 1.165) is 32.5 Å². The van der Waals surface area contributed by atoms with Gasteiger partial charge in [-0.1, -0.05) is 0 Å². The van der Waals surface area contributed by atoms with Crippen LogP contribution in [-0.2, 0) is 9.47 Å². The van der Waals surface area contributed by atoms with Crippen molar-refractivity contribution < 1.29 is 9.47 Å². The third-order valence-corrected chi connectivity index (χ3v) is 2.67. The van der Waals surface area contributed by atoms with Crippen LogP contribution < -0.4 is 5.73 Å². The predicted molar refractivity (Wildman–Crippen MR) is 41.3 cm³/mol. The summed E-state index contributed by atoms with van der Waals surface area (Å²) in [6, 6.07) is 0. The number of rotatable bonds is 1. The molecule has 2 N–H and O–H groups in total. The van der Waals surface area contributed by atoms with Gasteiger partial charge in [0.15, 0.2) is 0 Å². The Kier molecular flexibility index (Phi) is 1.87. The fourth-order valence-corrected chi connectivity index (χ4v) is 1.94. The molecule has 3 nitrogen and oxygen atoms in total. The maximum absolute atomic E-state index is 5.81. The van der Waals surface area contributed by atoms with Gasteiger partial charge in [0.25, 0.3) is 0 Å². The second-order valence-corrected chi connectivity index (χ2v) is 3.50. The van der Waals surface area contributed by atoms with Crippen molar-refractivity contribution in [3.8, 4) is 0 Å². The first kappa shape index (κ1) is 7.53. The molecule has 0 amide bonds. The fourth-order valence-electron chi connectivity index (χ4n) is 1.94. The van der Waals surface area contributed by atoms with Gasteiger partial charge in [-0.05, 0) is 12.8 Å². The van der Waals surface area contributed by atoms with Crippen molar-refractivity contribution in [3.63, 3.8) is 0 Å². The van der Waals surface area contributed by atoms with Gasteiger partial charge in [-0.15, -0.1) is 0 Å². The van der Waals surface area contributed by atoms with Crippen LogP contribution in [-0.4, -0.2) is 31.5 Å². The van der Waals surface area contributed by atoms with Gasteiger partial charge in [-0.25, -0.2) is 0 Å². The lowest BCUT2D eigenvalue weighted by Gasteiger charge is -2.21. The first-order valence-electron chi connectivity index (χ1n) is 4.30. The van der Waals surface area contributed by atoms with Gasteiger partial charge >= 0.3 is 0 Å². The molecule has 2 aliphatic heterocycles. The van der Waals surface area contributed by atoms with Gasteiger partial charge in [0.05, 0.1) is 18.3 Å². The van der Waals surface area contributed by atoms with E-state index in [2.05, 4.69) is 0 Å². The Balaban J connectivity index is 1.96. The van der Waals surface area contributed by atoms with Crippen LogP contribution in [0.1, 0.15) is 19.3 Å². The first-order chi connectivity index (χ1) is 5.35. The van der Waals surface area contributed by atoms with Crippen LogP contribution in [0.5, 0.6) is 0 Å². The number of ether oxygens (including phenoxy) is 2. The summed E-state index contributed by atoms with van der Waals surface area (Å²) in [5.41, 5.74) is 5.58. The second-order valence-electron chi connectivity index (χ2n) is 3.50. The van der Waals surface area contributed by atoms with Crippen LogP contribution in [0.15, 0.2) is 0 Å². The van der Waals surface area contributed by atoms with E-state index in [1.807, 2.05) is 0 Å². The third-order valence-electron chi connectivity index (χ3n) is 2.67. The Morgan fingerprint density at radius 2 is 2.36 bits per heavy atom. The van der Waals surface area contributed by atoms with Gasteiger partial charge in [-0.2, -0.15) is 0 Å². The van der Waals surface area contributed by atoms with E-state index in [9.17, 15) is 0 Å². The number of hydrogen-bond acceptors (Lipinski definition) is 3. The fraction of sp³-hybridized carbons (Fsp3) is 1.00. The van der Waals surface area contributed by atoms with Crippen LogP contribution in [0.25, 0.3) is 0 Å². The van der Waals surface area contributed by atoms with E-state index < -0.39 is 0 Å². The zero-order valence-corrected chi connectivity index (χ0v) is 6.71. The molecule has 0 aliphatic carbocycles. The van der Waals surface area contributed by atoms with E-state index in [4.69, 9.17) is 15.2 Å². The SMILES string of the molecule is NC[C@@H]1CC[C@@]2(CCOC2)O1. The zero-order valence-electron chi connectivity index (χ0n) is 6.71. The van der Waals surface area contributed by atoms with Gasteiger partial charge < -0.3 is 15.2 Å². The minimum Gasteiger partial charge on any atom is -0.378 e. The van der Waals surface area contributed by atoms with Crippen molar-refractivity contribution in [2.45, 2.75) is 31.0 Å². The third kappa shape index (κ3) is 1.28. The van der Waals surface area contributed by atoms with Crippen molar-refractivity contribution >= 4 is 0 Å². The molecule has 0 saturated carbocycles. The molecule has 0 unspecified atom stereocenters. The highest BCUT2D eigenvalue weighted by Crippen LogP contribution is 2.36. The maximum Gasteiger partial charge on any atom is 0.0942 e. The molecule has 0 bridgehead atoms. The highest BCUT2D eigenvalue weighted by atomic mass is 16.6. The summed E-state index contributed by atoms with van der Waals surface area (Å²) in [7, 11) is 0. The quantitative estimate of drug-likeness (QED) is 0.594. The minimum absolute atomic E-state index is 0.0596. The summed E-state index contributed by atoms with van der Waals surface area (Å²) in [6.07, 6.45) is 3.59. The number of nitrogens with two attached hydrogens (primary N) is 1. The zero-order chi connectivity index (χ0) is 7.73. The van der Waals surface area contributed by atoms with Gasteiger partial charge in [0, 0.05) is 19.6 Å². The molecule has 2 aliphatic rings. The molecular weight excluding hydrogens is 142 g/mol. The predicted octanol–water partition coefficient (Wildman–Crippen LogP) is 0.283. The lowest BCUT2D eigenvalue weighted by molar-refractivity contribution is -0.0407. The molecule has 0 radical (unpaired) electrons. The molecule has 2 heterocycles. The summed E-state index contributed by atoms with van der Waals surface area (Å²) in [5.74, 6) is 0. The molecule has 1 spiro atoms. The molecule has 2 fully saturated rings. The van der Waals surface area contributed by atoms with Gasteiger partial charge in [-0.3, -0.25) is 0 Å². The molecule has 11 heavy (non-hydrogen) atoms. The van der Waals surface area contributed by atoms with Crippen molar-refractivity contribution in [1.82, 2.24) is 0 Å². The largest absolute Gasteiger partial charge is 0.378 e. The van der Waals surface area contributed by atoms with Gasteiger partial charge in [0.1, 0.15) is 0 Å². The Hall–Kier alpha value is -0.120. The van der Waals surface area contributed by atoms with Crippen molar-refractivity contribution in [3.05, 3.63) is 0 Å². The van der Waals surface area contributed by atoms with Crippen molar-refractivity contribution in [2.75, 3.05) is 19.8 Å². The van der Waals surface area contributed by atoms with E-state index in [-0.39, 0.29) is 11.7 Å². The highest BCUT2D eigenvalue weighted by molar-refractivity contribution is 4.92. The Morgan fingerprint density at radius 1 is 1.45 bits per heavy atom. The second kappa shape index (κ2) is 2.73. The highest BCUT2D eigenvalue weighted by Gasteiger charge is 2.42. The average molecular weight is 157 g/mol. The monoisotopic (exact) mass is 157 g/mol. The average Bonchev–Trinajstić information content (AvgIpc) is 2.62. The Labute approximate surface area is 66.8 Å². The normalized spacial score (nSPS) is 43.9. The lowest BCUT2D eigenvalue weighted by atomic mass is 9.99. The van der Waals surface area contributed by atoms with Crippen LogP contribution in [0.2, 0.25) is 0 Å². The topological polar surface area (TPSA) is 44.5 Å². The van der Waals surface area contributed by atoms with E-state index in [1.165, 1.54) is 0 Å². The molecule has 64 valence electrons. The van der Waals surface area contributed by atoms with Crippen LogP contribution in [0.3, 0.4) is 0 Å². The molecule has 2 rings (SSSR count). The summed E-state index contributed by atoms with van der Waals surface area (Å²) in [6.45, 7) is 2.29. The van der Waals surface area contributed by atoms with Crippen molar-refractivity contribution in [1.29, 1.82) is 0 Å². The molecule has 2 saturated heterocycles. The number of hydrogen-bond donors (Lipinski definition) is 1. The Morgan fingerprint density at radius 3 is 2.91 bits per heavy atom. The van der Waals surface area contributed by atoms with E-state index in [1.54, 1.807) is 0 Å². The summed E-state index contributed by atoms with van der Waals surface area (Å²) < 4.78 is 11.1. The molecule has 0 aromatic heterocycles. The standard InChI is InChI=1S/C8H15NO2/c9-5-7-1-2-8(11-7)3-4-10-6-8/h7H,1-6,9H2/t7-,8-/m0/s1. The molecule has 2 atom stereocenters. The van der Waals surface area contributed by atoms with Crippen LogP contribution >= 0.6 is 0 Å². The lowest BCUT2D eigenvalue weighted by Crippen LogP contribution is -2.31. The minimum atomic E-state index is 0.0596. The first-order valence-corrected chi connectivity index (χ1v) is 4.30. The molecular formula is C8H15NO2. The Bertz CT molecular complexity index is 143. The van der Waals surface area contributed by atoms with Crippen LogP contribution in [0.4, 0.5) is 0 Å². The van der Waals surface area contributed by atoms with Crippen LogP contribution in [0, 0.1) is 0 Å². The summed E-state index contributed by atoms with van der Waals surface area (Å²) >= 11 is 0. The maximum atomic E-state index is 5.81. The van der Waals surface area contributed by atoms with E-state index >= 15 is 0 Å². The van der Waals surface area contributed by atoms with Crippen molar-refractivity contribution in [2.24, 2.45) is 5.73 Å². The summed E-state index contributed by atoms with van der Waals surface area (Å²) in [4.78, 5) is 0. The molecule has 3 heteroatoms. The smallest absolute Gasteiger partial charge is 0.0942 e. The molecule has 0 aromatic carbocycles. The van der Waals surface area contributed by atoms with Gasteiger partial charge in [0.2, 0.25) is 0 Å². The molecule has 0 aromatic rings.